The zero-order chi connectivity index (χ0) is 10.8. The molecule has 1 aliphatic heterocycles. The van der Waals surface area contributed by atoms with Gasteiger partial charge in [-0.3, -0.25) is 0 Å². The third kappa shape index (κ3) is 2.49. The second-order valence-corrected chi connectivity index (χ2v) is 4.49. The highest BCUT2D eigenvalue weighted by molar-refractivity contribution is 14.1. The van der Waals surface area contributed by atoms with Gasteiger partial charge in [-0.15, -0.1) is 0 Å². The fourth-order valence-corrected chi connectivity index (χ4v) is 1.59. The lowest BCUT2D eigenvalue weighted by molar-refractivity contribution is 0.0227. The fourth-order valence-electron chi connectivity index (χ4n) is 1.27. The van der Waals surface area contributed by atoms with Crippen molar-refractivity contribution in [2.45, 2.75) is 6.10 Å². The van der Waals surface area contributed by atoms with Crippen LogP contribution in [0.4, 0.5) is 4.79 Å². The van der Waals surface area contributed by atoms with E-state index in [0.29, 0.717) is 19.0 Å². The molecular formula is C9H9IN2O3. The zero-order valence-corrected chi connectivity index (χ0v) is 9.92. The molecule has 1 N–H and O–H groups in total. The van der Waals surface area contributed by atoms with Gasteiger partial charge in [0.2, 0.25) is 5.88 Å². The highest BCUT2D eigenvalue weighted by Crippen LogP contribution is 2.16. The summed E-state index contributed by atoms with van der Waals surface area (Å²) in [5.74, 6) is 0.547. The standard InChI is InChI=1S/C9H9IN2O3/c10-6-1-2-8(11-3-6)15-7-4-12(5-7)9(13)14/h1-3,7H,4-5H2,(H,13,14). The zero-order valence-electron chi connectivity index (χ0n) is 7.76. The van der Waals surface area contributed by atoms with Gasteiger partial charge in [0.1, 0.15) is 6.10 Å². The summed E-state index contributed by atoms with van der Waals surface area (Å²) in [6.45, 7) is 0.839. The maximum atomic E-state index is 10.5. The molecular weight excluding hydrogens is 311 g/mol. The van der Waals surface area contributed by atoms with Crippen LogP contribution in [0.15, 0.2) is 18.3 Å². The average Bonchev–Trinajstić information content (AvgIpc) is 2.13. The summed E-state index contributed by atoms with van der Waals surface area (Å²) in [6.07, 6.45) is 0.753. The predicted octanol–water partition coefficient (Wildman–Crippen LogP) is 1.43. The van der Waals surface area contributed by atoms with Crippen LogP contribution in [-0.2, 0) is 0 Å². The van der Waals surface area contributed by atoms with Crippen LogP contribution in [0.25, 0.3) is 0 Å². The largest absolute Gasteiger partial charge is 0.471 e. The molecule has 1 saturated heterocycles. The Morgan fingerprint density at radius 1 is 1.60 bits per heavy atom. The summed E-state index contributed by atoms with van der Waals surface area (Å²) in [5.41, 5.74) is 0. The monoisotopic (exact) mass is 320 g/mol. The maximum Gasteiger partial charge on any atom is 0.407 e. The maximum absolute atomic E-state index is 10.5. The van der Waals surface area contributed by atoms with Gasteiger partial charge in [-0.2, -0.15) is 0 Å². The number of pyridine rings is 1. The van der Waals surface area contributed by atoms with E-state index in [1.54, 1.807) is 12.3 Å². The first-order valence-electron chi connectivity index (χ1n) is 4.41. The molecule has 0 unspecified atom stereocenters. The molecule has 1 aromatic heterocycles. The lowest BCUT2D eigenvalue weighted by Crippen LogP contribution is -2.55. The number of carboxylic acid groups (broad SMARTS) is 1. The molecule has 2 heterocycles. The Labute approximate surface area is 100 Å². The number of ether oxygens (including phenoxy) is 1. The van der Waals surface area contributed by atoms with Crippen molar-refractivity contribution in [2.24, 2.45) is 0 Å². The SMILES string of the molecule is O=C(O)N1CC(Oc2ccc(I)cn2)C1. The summed E-state index contributed by atoms with van der Waals surface area (Å²) in [7, 11) is 0. The van der Waals surface area contributed by atoms with Gasteiger partial charge in [0, 0.05) is 15.8 Å². The molecule has 1 aliphatic rings. The second kappa shape index (κ2) is 4.21. The van der Waals surface area contributed by atoms with Crippen molar-refractivity contribution in [2.75, 3.05) is 13.1 Å². The van der Waals surface area contributed by atoms with E-state index in [1.165, 1.54) is 4.90 Å². The van der Waals surface area contributed by atoms with E-state index < -0.39 is 6.09 Å². The number of hydrogen-bond acceptors (Lipinski definition) is 3. The summed E-state index contributed by atoms with van der Waals surface area (Å²) in [6, 6.07) is 3.68. The number of rotatable bonds is 2. The van der Waals surface area contributed by atoms with Crippen molar-refractivity contribution in [3.63, 3.8) is 0 Å². The molecule has 2 rings (SSSR count). The van der Waals surface area contributed by atoms with Gasteiger partial charge in [-0.25, -0.2) is 9.78 Å². The Kier molecular flexibility index (Phi) is 2.94. The van der Waals surface area contributed by atoms with Crippen molar-refractivity contribution in [3.05, 3.63) is 21.9 Å². The van der Waals surface area contributed by atoms with Crippen LogP contribution in [0.3, 0.4) is 0 Å². The number of amides is 1. The highest BCUT2D eigenvalue weighted by Gasteiger charge is 2.32. The first kappa shape index (κ1) is 10.5. The van der Waals surface area contributed by atoms with Gasteiger partial charge in [0.25, 0.3) is 0 Å². The van der Waals surface area contributed by atoms with E-state index in [2.05, 4.69) is 27.6 Å². The Morgan fingerprint density at radius 3 is 2.87 bits per heavy atom. The summed E-state index contributed by atoms with van der Waals surface area (Å²) < 4.78 is 6.51. The second-order valence-electron chi connectivity index (χ2n) is 3.24. The Balaban J connectivity index is 1.85. The Hall–Kier alpha value is -1.05. The minimum absolute atomic E-state index is 0.0614. The molecule has 5 nitrogen and oxygen atoms in total. The molecule has 0 spiro atoms. The first-order valence-corrected chi connectivity index (χ1v) is 5.49. The summed E-state index contributed by atoms with van der Waals surface area (Å²) in [4.78, 5) is 15.9. The first-order chi connectivity index (χ1) is 7.15. The van der Waals surface area contributed by atoms with Crippen LogP contribution in [0.5, 0.6) is 5.88 Å². The minimum atomic E-state index is -0.898. The highest BCUT2D eigenvalue weighted by atomic mass is 127. The third-order valence-electron chi connectivity index (χ3n) is 2.11. The van der Waals surface area contributed by atoms with E-state index in [4.69, 9.17) is 9.84 Å². The van der Waals surface area contributed by atoms with Crippen LogP contribution < -0.4 is 4.74 Å². The van der Waals surface area contributed by atoms with E-state index >= 15 is 0 Å². The number of halogens is 1. The van der Waals surface area contributed by atoms with Crippen LogP contribution in [0.1, 0.15) is 0 Å². The molecule has 0 radical (unpaired) electrons. The van der Waals surface area contributed by atoms with E-state index in [0.717, 1.165) is 3.57 Å². The molecule has 15 heavy (non-hydrogen) atoms. The quantitative estimate of drug-likeness (QED) is 0.838. The molecule has 6 heteroatoms. The Morgan fingerprint density at radius 2 is 2.33 bits per heavy atom. The molecule has 0 aliphatic carbocycles. The topological polar surface area (TPSA) is 62.7 Å². The number of aromatic nitrogens is 1. The van der Waals surface area contributed by atoms with Crippen LogP contribution in [0, 0.1) is 3.57 Å². The van der Waals surface area contributed by atoms with E-state index in [-0.39, 0.29) is 6.10 Å². The van der Waals surface area contributed by atoms with Gasteiger partial charge in [-0.05, 0) is 28.7 Å². The van der Waals surface area contributed by atoms with Crippen molar-refractivity contribution in [3.8, 4) is 5.88 Å². The van der Waals surface area contributed by atoms with Crippen molar-refractivity contribution >= 4 is 28.7 Å². The molecule has 1 amide bonds. The average molecular weight is 320 g/mol. The molecule has 0 saturated carbocycles. The lowest BCUT2D eigenvalue weighted by atomic mass is 10.2. The smallest absolute Gasteiger partial charge is 0.407 e. The van der Waals surface area contributed by atoms with Crippen LogP contribution >= 0.6 is 22.6 Å². The van der Waals surface area contributed by atoms with Gasteiger partial charge in [0.05, 0.1) is 13.1 Å². The van der Waals surface area contributed by atoms with Crippen molar-refractivity contribution in [1.82, 2.24) is 9.88 Å². The van der Waals surface area contributed by atoms with E-state index in [9.17, 15) is 4.79 Å². The van der Waals surface area contributed by atoms with Crippen LogP contribution in [-0.4, -0.2) is 40.3 Å². The summed E-state index contributed by atoms with van der Waals surface area (Å²) >= 11 is 2.16. The normalized spacial score (nSPS) is 15.9. The number of carbonyl (C=O) groups is 1. The fraction of sp³-hybridized carbons (Fsp3) is 0.333. The molecule has 0 atom stereocenters. The molecule has 80 valence electrons. The minimum Gasteiger partial charge on any atom is -0.471 e. The van der Waals surface area contributed by atoms with Gasteiger partial charge < -0.3 is 14.7 Å². The third-order valence-corrected chi connectivity index (χ3v) is 2.74. The van der Waals surface area contributed by atoms with Crippen molar-refractivity contribution < 1.29 is 14.6 Å². The molecule has 0 aromatic carbocycles. The predicted molar refractivity (Wildman–Crippen MR) is 61.0 cm³/mol. The molecule has 0 bridgehead atoms. The van der Waals surface area contributed by atoms with Gasteiger partial charge >= 0.3 is 6.09 Å². The Bertz CT molecular complexity index is 362. The molecule has 1 fully saturated rings. The number of nitrogens with zero attached hydrogens (tertiary/aromatic N) is 2. The number of likely N-dealkylation sites (tertiary alicyclic amines) is 1. The molecule has 1 aromatic rings. The van der Waals surface area contributed by atoms with E-state index in [1.807, 2.05) is 6.07 Å². The summed E-state index contributed by atoms with van der Waals surface area (Å²) in [5, 5.41) is 8.61. The number of hydrogen-bond donors (Lipinski definition) is 1. The lowest BCUT2D eigenvalue weighted by Gasteiger charge is -2.36. The van der Waals surface area contributed by atoms with Gasteiger partial charge in [-0.1, -0.05) is 0 Å². The van der Waals surface area contributed by atoms with Crippen molar-refractivity contribution in [1.29, 1.82) is 0 Å². The van der Waals surface area contributed by atoms with Gasteiger partial charge in [0.15, 0.2) is 0 Å². The van der Waals surface area contributed by atoms with Crippen LogP contribution in [0.2, 0.25) is 0 Å².